The Balaban J connectivity index is 2.74. The molecule has 0 spiro atoms. The number of aryl methyl sites for hydroxylation is 2. The molecule has 120 valence electrons. The van der Waals surface area contributed by atoms with Crippen molar-refractivity contribution in [3.05, 3.63) is 22.8 Å². The Bertz CT molecular complexity index is 411. The monoisotopic (exact) mass is 309 g/mol. The summed E-state index contributed by atoms with van der Waals surface area (Å²) in [5, 5.41) is 4.16. The first-order valence-corrected chi connectivity index (χ1v) is 9.20. The number of rotatable bonds is 9. The molecule has 3 nitrogen and oxygen atoms in total. The van der Waals surface area contributed by atoms with Crippen LogP contribution in [0.3, 0.4) is 0 Å². The molecule has 0 aromatic carbocycles. The van der Waals surface area contributed by atoms with E-state index in [-0.39, 0.29) is 0 Å². The van der Waals surface area contributed by atoms with Gasteiger partial charge in [-0.1, -0.05) is 27.7 Å². The van der Waals surface area contributed by atoms with Crippen LogP contribution in [0.4, 0.5) is 0 Å². The summed E-state index contributed by atoms with van der Waals surface area (Å²) >= 11 is 1.94. The molecular weight excluding hydrogens is 278 g/mol. The van der Waals surface area contributed by atoms with Crippen LogP contribution < -0.4 is 5.32 Å². The van der Waals surface area contributed by atoms with Crippen LogP contribution in [-0.4, -0.2) is 28.3 Å². The number of aromatic nitrogens is 2. The zero-order valence-corrected chi connectivity index (χ0v) is 15.3. The Morgan fingerprint density at radius 3 is 2.24 bits per heavy atom. The van der Waals surface area contributed by atoms with Crippen molar-refractivity contribution in [3.63, 3.8) is 0 Å². The molecule has 0 saturated heterocycles. The van der Waals surface area contributed by atoms with Crippen molar-refractivity contribution in [2.24, 2.45) is 0 Å². The molecule has 2 atom stereocenters. The molecule has 4 heteroatoms. The SMILES string of the molecule is CCCNCC(C)c1c(C)nc(CSC(C)CC)nc1C. The highest BCUT2D eigenvalue weighted by Crippen LogP contribution is 2.23. The molecule has 1 N–H and O–H groups in total. The van der Waals surface area contributed by atoms with Gasteiger partial charge in [-0.2, -0.15) is 11.8 Å². The van der Waals surface area contributed by atoms with E-state index in [2.05, 4.69) is 46.9 Å². The highest BCUT2D eigenvalue weighted by molar-refractivity contribution is 7.99. The first-order chi connectivity index (χ1) is 9.99. The molecule has 2 unspecified atom stereocenters. The maximum Gasteiger partial charge on any atom is 0.138 e. The Morgan fingerprint density at radius 2 is 1.71 bits per heavy atom. The van der Waals surface area contributed by atoms with Crippen molar-refractivity contribution >= 4 is 11.8 Å². The minimum Gasteiger partial charge on any atom is -0.316 e. The zero-order chi connectivity index (χ0) is 15.8. The average Bonchev–Trinajstić information content (AvgIpc) is 2.44. The Labute approximate surface area is 134 Å². The Kier molecular flexibility index (Phi) is 8.27. The summed E-state index contributed by atoms with van der Waals surface area (Å²) in [6.07, 6.45) is 2.37. The fourth-order valence-corrected chi connectivity index (χ4v) is 3.30. The largest absolute Gasteiger partial charge is 0.316 e. The number of hydrogen-bond acceptors (Lipinski definition) is 4. The van der Waals surface area contributed by atoms with Gasteiger partial charge in [-0.25, -0.2) is 9.97 Å². The van der Waals surface area contributed by atoms with Gasteiger partial charge in [0.05, 0.1) is 5.75 Å². The molecule has 1 aromatic heterocycles. The third-order valence-corrected chi connectivity index (χ3v) is 5.14. The summed E-state index contributed by atoms with van der Waals surface area (Å²) in [6, 6.07) is 0. The molecule has 0 radical (unpaired) electrons. The zero-order valence-electron chi connectivity index (χ0n) is 14.5. The van der Waals surface area contributed by atoms with Crippen LogP contribution in [0.1, 0.15) is 69.2 Å². The standard InChI is InChI=1S/C17H31N3S/c1-7-9-18-10-12(3)17-14(5)19-16(20-15(17)6)11-21-13(4)8-2/h12-13,18H,7-11H2,1-6H3. The molecular formula is C17H31N3S. The fourth-order valence-electron chi connectivity index (χ4n) is 2.50. The van der Waals surface area contributed by atoms with Gasteiger partial charge < -0.3 is 5.32 Å². The molecule has 0 bridgehead atoms. The van der Waals surface area contributed by atoms with Gasteiger partial charge in [0.1, 0.15) is 5.82 Å². The molecule has 21 heavy (non-hydrogen) atoms. The maximum absolute atomic E-state index is 4.73. The van der Waals surface area contributed by atoms with Gasteiger partial charge in [-0.15, -0.1) is 0 Å². The van der Waals surface area contributed by atoms with E-state index in [1.165, 1.54) is 18.4 Å². The Morgan fingerprint density at radius 1 is 1.10 bits per heavy atom. The van der Waals surface area contributed by atoms with Crippen molar-refractivity contribution in [1.82, 2.24) is 15.3 Å². The number of thioether (sulfide) groups is 1. The van der Waals surface area contributed by atoms with Gasteiger partial charge in [0, 0.05) is 23.2 Å². The van der Waals surface area contributed by atoms with Crippen LogP contribution in [0.2, 0.25) is 0 Å². The second-order valence-electron chi connectivity index (χ2n) is 5.86. The number of nitrogens with zero attached hydrogens (tertiary/aromatic N) is 2. The van der Waals surface area contributed by atoms with Crippen LogP contribution >= 0.6 is 11.8 Å². The van der Waals surface area contributed by atoms with Gasteiger partial charge in [0.15, 0.2) is 0 Å². The van der Waals surface area contributed by atoms with E-state index in [0.29, 0.717) is 11.2 Å². The first kappa shape index (κ1) is 18.4. The van der Waals surface area contributed by atoms with E-state index in [4.69, 9.17) is 9.97 Å². The molecule has 0 aliphatic carbocycles. The lowest BCUT2D eigenvalue weighted by atomic mass is 9.98. The highest BCUT2D eigenvalue weighted by Gasteiger charge is 2.15. The molecule has 0 fully saturated rings. The van der Waals surface area contributed by atoms with Crippen LogP contribution in [0.25, 0.3) is 0 Å². The second kappa shape index (κ2) is 9.42. The van der Waals surface area contributed by atoms with E-state index >= 15 is 0 Å². The first-order valence-electron chi connectivity index (χ1n) is 8.15. The van der Waals surface area contributed by atoms with Gasteiger partial charge in [0.25, 0.3) is 0 Å². The predicted molar refractivity (Wildman–Crippen MR) is 94.1 cm³/mol. The predicted octanol–water partition coefficient (Wildman–Crippen LogP) is 4.23. The quantitative estimate of drug-likeness (QED) is 0.693. The minimum absolute atomic E-state index is 0.466. The lowest BCUT2D eigenvalue weighted by molar-refractivity contribution is 0.600. The van der Waals surface area contributed by atoms with Gasteiger partial charge in [0.2, 0.25) is 0 Å². The summed E-state index contributed by atoms with van der Waals surface area (Å²) < 4.78 is 0. The van der Waals surface area contributed by atoms with Crippen molar-refractivity contribution < 1.29 is 0 Å². The van der Waals surface area contributed by atoms with Gasteiger partial charge in [-0.05, 0) is 44.7 Å². The van der Waals surface area contributed by atoms with E-state index < -0.39 is 0 Å². The van der Waals surface area contributed by atoms with E-state index in [1.54, 1.807) is 0 Å². The van der Waals surface area contributed by atoms with Crippen molar-refractivity contribution in [2.75, 3.05) is 13.1 Å². The van der Waals surface area contributed by atoms with Crippen molar-refractivity contribution in [2.45, 2.75) is 71.3 Å². The molecule has 1 heterocycles. The molecule has 0 aliphatic heterocycles. The van der Waals surface area contributed by atoms with E-state index in [1.807, 2.05) is 11.8 Å². The van der Waals surface area contributed by atoms with Crippen LogP contribution in [0, 0.1) is 13.8 Å². The van der Waals surface area contributed by atoms with E-state index in [9.17, 15) is 0 Å². The second-order valence-corrected chi connectivity index (χ2v) is 7.29. The van der Waals surface area contributed by atoms with E-state index in [0.717, 1.165) is 36.1 Å². The van der Waals surface area contributed by atoms with Crippen LogP contribution in [0.15, 0.2) is 0 Å². The lowest BCUT2D eigenvalue weighted by Gasteiger charge is -2.18. The summed E-state index contributed by atoms with van der Waals surface area (Å²) in [4.78, 5) is 9.46. The summed E-state index contributed by atoms with van der Waals surface area (Å²) in [5.41, 5.74) is 3.61. The molecule has 0 saturated carbocycles. The number of hydrogen-bond donors (Lipinski definition) is 1. The molecule has 0 aliphatic rings. The summed E-state index contributed by atoms with van der Waals surface area (Å²) in [7, 11) is 0. The number of nitrogens with one attached hydrogen (secondary N) is 1. The van der Waals surface area contributed by atoms with Crippen LogP contribution in [0.5, 0.6) is 0 Å². The summed E-state index contributed by atoms with van der Waals surface area (Å²) in [5.74, 6) is 2.36. The molecule has 1 aromatic rings. The van der Waals surface area contributed by atoms with Crippen LogP contribution in [-0.2, 0) is 5.75 Å². The Hall–Kier alpha value is -0.610. The van der Waals surface area contributed by atoms with Crippen molar-refractivity contribution in [3.8, 4) is 0 Å². The van der Waals surface area contributed by atoms with Crippen molar-refractivity contribution in [1.29, 1.82) is 0 Å². The summed E-state index contributed by atoms with van der Waals surface area (Å²) in [6.45, 7) is 15.3. The third-order valence-electron chi connectivity index (χ3n) is 3.82. The normalized spacial score (nSPS) is 14.2. The van der Waals surface area contributed by atoms with Gasteiger partial charge in [-0.3, -0.25) is 0 Å². The third kappa shape index (κ3) is 5.95. The molecule has 1 rings (SSSR count). The minimum atomic E-state index is 0.466. The van der Waals surface area contributed by atoms with Gasteiger partial charge >= 0.3 is 0 Å². The lowest BCUT2D eigenvalue weighted by Crippen LogP contribution is -2.22. The average molecular weight is 310 g/mol. The molecule has 0 amide bonds. The smallest absolute Gasteiger partial charge is 0.138 e. The highest BCUT2D eigenvalue weighted by atomic mass is 32.2. The fraction of sp³-hybridized carbons (Fsp3) is 0.765. The topological polar surface area (TPSA) is 37.8 Å². The maximum atomic E-state index is 4.73.